The van der Waals surface area contributed by atoms with E-state index in [1.54, 1.807) is 6.33 Å². The van der Waals surface area contributed by atoms with E-state index in [0.717, 1.165) is 18.7 Å². The van der Waals surface area contributed by atoms with E-state index in [9.17, 15) is 5.11 Å². The molecule has 1 atom stereocenters. The van der Waals surface area contributed by atoms with Gasteiger partial charge in [0, 0.05) is 12.5 Å². The molecular formula is C11H19N3O. The van der Waals surface area contributed by atoms with Crippen LogP contribution in [-0.2, 0) is 6.42 Å². The number of hydrogen-bond donors (Lipinski definition) is 1. The molecule has 0 amide bonds. The Labute approximate surface area is 90.3 Å². The summed E-state index contributed by atoms with van der Waals surface area (Å²) in [5.74, 6) is 1.34. The van der Waals surface area contributed by atoms with Crippen molar-refractivity contribution in [3.05, 3.63) is 12.2 Å². The van der Waals surface area contributed by atoms with E-state index in [2.05, 4.69) is 23.9 Å². The number of rotatable bonds is 4. The predicted octanol–water partition coefficient (Wildman–Crippen LogP) is 1.56. The van der Waals surface area contributed by atoms with E-state index in [4.69, 9.17) is 0 Å². The lowest BCUT2D eigenvalue weighted by Crippen LogP contribution is -2.31. The largest absolute Gasteiger partial charge is 0.389 e. The summed E-state index contributed by atoms with van der Waals surface area (Å²) < 4.78 is 1.89. The average molecular weight is 209 g/mol. The highest BCUT2D eigenvalue weighted by molar-refractivity contribution is 5.00. The first-order chi connectivity index (χ1) is 7.00. The molecule has 15 heavy (non-hydrogen) atoms. The summed E-state index contributed by atoms with van der Waals surface area (Å²) >= 11 is 0. The summed E-state index contributed by atoms with van der Waals surface area (Å²) in [7, 11) is 0. The third-order valence-electron chi connectivity index (χ3n) is 3.11. The van der Waals surface area contributed by atoms with Gasteiger partial charge in [-0.25, -0.2) is 9.67 Å². The SMILES string of the molecule is CC(C)n1ncnc1CC(C)(O)C1CC1. The van der Waals surface area contributed by atoms with Crippen molar-refractivity contribution in [2.24, 2.45) is 5.92 Å². The monoisotopic (exact) mass is 209 g/mol. The molecule has 1 fully saturated rings. The minimum atomic E-state index is -0.611. The molecule has 0 bridgehead atoms. The molecule has 0 spiro atoms. The highest BCUT2D eigenvalue weighted by atomic mass is 16.3. The molecule has 1 aromatic rings. The third-order valence-corrected chi connectivity index (χ3v) is 3.11. The smallest absolute Gasteiger partial charge is 0.138 e. The van der Waals surface area contributed by atoms with Crippen LogP contribution in [0.4, 0.5) is 0 Å². The van der Waals surface area contributed by atoms with Crippen LogP contribution in [0, 0.1) is 5.92 Å². The lowest BCUT2D eigenvalue weighted by molar-refractivity contribution is 0.0339. The first-order valence-corrected chi connectivity index (χ1v) is 5.61. The molecular weight excluding hydrogens is 190 g/mol. The van der Waals surface area contributed by atoms with Crippen molar-refractivity contribution in [2.45, 2.75) is 51.7 Å². The van der Waals surface area contributed by atoms with Crippen LogP contribution in [0.1, 0.15) is 45.5 Å². The molecule has 1 unspecified atom stereocenters. The molecule has 84 valence electrons. The van der Waals surface area contributed by atoms with Crippen molar-refractivity contribution in [3.63, 3.8) is 0 Å². The van der Waals surface area contributed by atoms with Gasteiger partial charge in [-0.05, 0) is 39.5 Å². The Balaban J connectivity index is 2.12. The molecule has 1 aliphatic rings. The molecule has 1 heterocycles. The van der Waals surface area contributed by atoms with Crippen LogP contribution in [-0.4, -0.2) is 25.5 Å². The van der Waals surface area contributed by atoms with Crippen molar-refractivity contribution in [3.8, 4) is 0 Å². The van der Waals surface area contributed by atoms with E-state index in [-0.39, 0.29) is 0 Å². The molecule has 0 saturated heterocycles. The Bertz CT molecular complexity index is 339. The van der Waals surface area contributed by atoms with Crippen LogP contribution < -0.4 is 0 Å². The van der Waals surface area contributed by atoms with Crippen molar-refractivity contribution >= 4 is 0 Å². The van der Waals surface area contributed by atoms with Gasteiger partial charge in [0.25, 0.3) is 0 Å². The van der Waals surface area contributed by atoms with Crippen molar-refractivity contribution in [2.75, 3.05) is 0 Å². The second-order valence-electron chi connectivity index (χ2n) is 5.02. The van der Waals surface area contributed by atoms with Crippen LogP contribution in [0.5, 0.6) is 0 Å². The molecule has 1 N–H and O–H groups in total. The van der Waals surface area contributed by atoms with E-state index in [1.165, 1.54) is 0 Å². The van der Waals surface area contributed by atoms with E-state index in [0.29, 0.717) is 18.4 Å². The Kier molecular flexibility index (Phi) is 2.54. The maximum absolute atomic E-state index is 10.3. The first-order valence-electron chi connectivity index (χ1n) is 5.61. The Morgan fingerprint density at radius 1 is 1.60 bits per heavy atom. The molecule has 0 aromatic carbocycles. The van der Waals surface area contributed by atoms with E-state index < -0.39 is 5.60 Å². The lowest BCUT2D eigenvalue weighted by Gasteiger charge is -2.23. The maximum Gasteiger partial charge on any atom is 0.138 e. The Morgan fingerprint density at radius 3 is 2.80 bits per heavy atom. The molecule has 2 rings (SSSR count). The quantitative estimate of drug-likeness (QED) is 0.818. The lowest BCUT2D eigenvalue weighted by atomic mass is 9.96. The molecule has 1 aliphatic carbocycles. The maximum atomic E-state index is 10.3. The fourth-order valence-electron chi connectivity index (χ4n) is 2.00. The van der Waals surface area contributed by atoms with Crippen LogP contribution in [0.25, 0.3) is 0 Å². The van der Waals surface area contributed by atoms with Crippen LogP contribution in [0.2, 0.25) is 0 Å². The molecule has 4 nitrogen and oxygen atoms in total. The summed E-state index contributed by atoms with van der Waals surface area (Å²) in [6.07, 6.45) is 4.46. The molecule has 0 radical (unpaired) electrons. The highest BCUT2D eigenvalue weighted by Gasteiger charge is 2.40. The van der Waals surface area contributed by atoms with Gasteiger partial charge >= 0.3 is 0 Å². The third kappa shape index (κ3) is 2.20. The number of aromatic nitrogens is 3. The van der Waals surface area contributed by atoms with Gasteiger partial charge < -0.3 is 5.11 Å². The molecule has 4 heteroatoms. The summed E-state index contributed by atoms with van der Waals surface area (Å²) in [5.41, 5.74) is -0.611. The van der Waals surface area contributed by atoms with Gasteiger partial charge in [0.15, 0.2) is 0 Å². The fraction of sp³-hybridized carbons (Fsp3) is 0.818. The van der Waals surface area contributed by atoms with Crippen LogP contribution >= 0.6 is 0 Å². The second kappa shape index (κ2) is 3.59. The fourth-order valence-corrected chi connectivity index (χ4v) is 2.00. The van der Waals surface area contributed by atoms with Gasteiger partial charge in [-0.1, -0.05) is 0 Å². The van der Waals surface area contributed by atoms with Crippen molar-refractivity contribution in [1.29, 1.82) is 0 Å². The van der Waals surface area contributed by atoms with Crippen molar-refractivity contribution < 1.29 is 5.11 Å². The number of nitrogens with zero attached hydrogens (tertiary/aromatic N) is 3. The van der Waals surface area contributed by atoms with Gasteiger partial charge in [0.2, 0.25) is 0 Å². The highest BCUT2D eigenvalue weighted by Crippen LogP contribution is 2.40. The van der Waals surface area contributed by atoms with Gasteiger partial charge in [0.1, 0.15) is 12.2 Å². The molecule has 0 aliphatic heterocycles. The summed E-state index contributed by atoms with van der Waals surface area (Å²) in [6, 6.07) is 0.303. The van der Waals surface area contributed by atoms with Gasteiger partial charge in [-0.2, -0.15) is 5.10 Å². The van der Waals surface area contributed by atoms with E-state index >= 15 is 0 Å². The minimum Gasteiger partial charge on any atom is -0.389 e. The van der Waals surface area contributed by atoms with Crippen molar-refractivity contribution in [1.82, 2.24) is 14.8 Å². The zero-order valence-electron chi connectivity index (χ0n) is 9.64. The Morgan fingerprint density at radius 2 is 2.27 bits per heavy atom. The van der Waals surface area contributed by atoms with Gasteiger partial charge in [0.05, 0.1) is 5.60 Å². The van der Waals surface area contributed by atoms with Crippen LogP contribution in [0.15, 0.2) is 6.33 Å². The first kappa shape index (κ1) is 10.6. The predicted molar refractivity (Wildman–Crippen MR) is 57.5 cm³/mol. The van der Waals surface area contributed by atoms with Gasteiger partial charge in [-0.3, -0.25) is 0 Å². The minimum absolute atomic E-state index is 0.303. The number of hydrogen-bond acceptors (Lipinski definition) is 3. The van der Waals surface area contributed by atoms with Crippen LogP contribution in [0.3, 0.4) is 0 Å². The average Bonchev–Trinajstić information content (AvgIpc) is 2.88. The normalized spacial score (nSPS) is 20.6. The molecule has 1 aromatic heterocycles. The number of aliphatic hydroxyl groups is 1. The summed E-state index contributed by atoms with van der Waals surface area (Å²) in [4.78, 5) is 4.22. The molecule has 1 saturated carbocycles. The summed E-state index contributed by atoms with van der Waals surface area (Å²) in [6.45, 7) is 6.05. The summed E-state index contributed by atoms with van der Waals surface area (Å²) in [5, 5.41) is 14.4. The van der Waals surface area contributed by atoms with Gasteiger partial charge in [-0.15, -0.1) is 0 Å². The Hall–Kier alpha value is -0.900. The zero-order valence-corrected chi connectivity index (χ0v) is 9.64. The topological polar surface area (TPSA) is 50.9 Å². The second-order valence-corrected chi connectivity index (χ2v) is 5.02. The van der Waals surface area contributed by atoms with E-state index in [1.807, 2.05) is 11.6 Å². The standard InChI is InChI=1S/C11H19N3O/c1-8(2)14-10(12-7-13-14)6-11(3,15)9-4-5-9/h7-9,15H,4-6H2,1-3H3. The zero-order chi connectivity index (χ0) is 11.1.